The lowest BCUT2D eigenvalue weighted by molar-refractivity contribution is 0.0169. The fourth-order valence-corrected chi connectivity index (χ4v) is 4.91. The summed E-state index contributed by atoms with van der Waals surface area (Å²) in [6.07, 6.45) is 2.45. The van der Waals surface area contributed by atoms with Crippen molar-refractivity contribution in [2.75, 3.05) is 33.4 Å². The number of benzene rings is 1. The first kappa shape index (κ1) is 19.6. The molecule has 1 heterocycles. The Hall–Kier alpha value is -1.76. The number of hydrogen-bond donors (Lipinski definition) is 1. The molecule has 1 saturated heterocycles. The minimum absolute atomic E-state index is 0.0425. The average Bonchev–Trinajstić information content (AvgIpc) is 3.00. The van der Waals surface area contributed by atoms with Crippen molar-refractivity contribution in [3.8, 4) is 0 Å². The Kier molecular flexibility index (Phi) is 5.54. The second-order valence-electron chi connectivity index (χ2n) is 7.94. The summed E-state index contributed by atoms with van der Waals surface area (Å²) < 4.78 is 38.6. The fraction of sp³-hybridized carbons (Fsp3) is 0.545. The van der Waals surface area contributed by atoms with Gasteiger partial charge in [0.1, 0.15) is 17.7 Å². The van der Waals surface area contributed by atoms with Crippen LogP contribution in [0.3, 0.4) is 0 Å². The van der Waals surface area contributed by atoms with Gasteiger partial charge in [0.15, 0.2) is 0 Å². The minimum Gasteiger partial charge on any atom is -0.388 e. The molecule has 1 aromatic carbocycles. The van der Waals surface area contributed by atoms with Crippen molar-refractivity contribution in [1.29, 1.82) is 0 Å². The van der Waals surface area contributed by atoms with Crippen LogP contribution in [0.4, 0.5) is 8.78 Å². The Morgan fingerprint density at radius 1 is 1.25 bits per heavy atom. The Morgan fingerprint density at radius 2 is 2.00 bits per heavy atom. The van der Waals surface area contributed by atoms with E-state index < -0.39 is 17.7 Å². The van der Waals surface area contributed by atoms with Gasteiger partial charge in [-0.15, -0.1) is 0 Å². The molecule has 3 aliphatic rings. The number of aliphatic hydroxyl groups excluding tert-OH is 1. The molecule has 1 aliphatic heterocycles. The van der Waals surface area contributed by atoms with E-state index in [-0.39, 0.29) is 17.9 Å². The van der Waals surface area contributed by atoms with Gasteiger partial charge in [-0.1, -0.05) is 13.0 Å². The van der Waals surface area contributed by atoms with Gasteiger partial charge in [0.2, 0.25) is 0 Å². The van der Waals surface area contributed by atoms with Gasteiger partial charge >= 0.3 is 0 Å². The van der Waals surface area contributed by atoms with Crippen LogP contribution in [0.5, 0.6) is 0 Å². The summed E-state index contributed by atoms with van der Waals surface area (Å²) in [5, 5.41) is 11.0. The zero-order valence-electron chi connectivity index (χ0n) is 16.3. The van der Waals surface area contributed by atoms with Crippen LogP contribution in [-0.2, 0) is 15.9 Å². The van der Waals surface area contributed by atoms with Crippen molar-refractivity contribution in [1.82, 2.24) is 4.90 Å². The number of morpholine rings is 1. The Labute approximate surface area is 164 Å². The number of hydrogen-bond acceptors (Lipinski definition) is 4. The third kappa shape index (κ3) is 3.49. The molecule has 28 heavy (non-hydrogen) atoms. The SMILES string of the molecule is COC1C(N2CCOCC2)=CC2=C(C1C)C(O)C(Cc1ccc(F)cc1F)C2. The van der Waals surface area contributed by atoms with E-state index >= 15 is 0 Å². The van der Waals surface area contributed by atoms with Crippen LogP contribution in [0.25, 0.3) is 0 Å². The van der Waals surface area contributed by atoms with E-state index in [4.69, 9.17) is 9.47 Å². The van der Waals surface area contributed by atoms with Gasteiger partial charge in [-0.2, -0.15) is 0 Å². The number of rotatable bonds is 4. The number of nitrogens with zero attached hydrogens (tertiary/aromatic N) is 1. The van der Waals surface area contributed by atoms with Gasteiger partial charge in [-0.05, 0) is 47.6 Å². The van der Waals surface area contributed by atoms with Crippen LogP contribution in [0, 0.1) is 23.5 Å². The molecule has 0 bridgehead atoms. The third-order valence-electron chi connectivity index (χ3n) is 6.30. The highest BCUT2D eigenvalue weighted by Crippen LogP contribution is 2.45. The molecule has 0 saturated carbocycles. The summed E-state index contributed by atoms with van der Waals surface area (Å²) in [4.78, 5) is 2.30. The molecular weight excluding hydrogens is 364 g/mol. The standard InChI is InChI=1S/C22H27F2NO3/c1-13-20-15(11-19(22(13)27-2)25-5-7-28-8-6-25)10-16(21(20)26)9-14-3-4-17(23)12-18(14)24/h3-4,11-13,16,21-22,26H,5-10H2,1-2H3. The van der Waals surface area contributed by atoms with Gasteiger partial charge in [0.25, 0.3) is 0 Å². The highest BCUT2D eigenvalue weighted by Gasteiger charge is 2.42. The monoisotopic (exact) mass is 391 g/mol. The van der Waals surface area contributed by atoms with E-state index in [1.807, 2.05) is 0 Å². The van der Waals surface area contributed by atoms with E-state index in [1.54, 1.807) is 7.11 Å². The lowest BCUT2D eigenvalue weighted by atomic mass is 9.83. The molecule has 2 aliphatic carbocycles. The summed E-state index contributed by atoms with van der Waals surface area (Å²) in [6.45, 7) is 5.13. The van der Waals surface area contributed by atoms with Crippen LogP contribution in [0.1, 0.15) is 18.9 Å². The van der Waals surface area contributed by atoms with Crippen molar-refractivity contribution in [3.05, 3.63) is 58.3 Å². The first-order valence-electron chi connectivity index (χ1n) is 9.91. The molecule has 1 aromatic rings. The normalized spacial score (nSPS) is 30.5. The summed E-state index contributed by atoms with van der Waals surface area (Å²) in [5.41, 5.74) is 3.70. The van der Waals surface area contributed by atoms with E-state index in [0.29, 0.717) is 31.6 Å². The number of methoxy groups -OCH3 is 1. The van der Waals surface area contributed by atoms with Crippen molar-refractivity contribution < 1.29 is 23.4 Å². The quantitative estimate of drug-likeness (QED) is 0.857. The average molecular weight is 391 g/mol. The maximum atomic E-state index is 14.1. The second kappa shape index (κ2) is 7.93. The molecule has 1 N–H and O–H groups in total. The summed E-state index contributed by atoms with van der Waals surface area (Å²) in [7, 11) is 1.70. The van der Waals surface area contributed by atoms with Crippen molar-refractivity contribution in [2.24, 2.45) is 11.8 Å². The van der Waals surface area contributed by atoms with Crippen LogP contribution in [0.2, 0.25) is 0 Å². The Balaban J connectivity index is 1.58. The molecule has 4 unspecified atom stereocenters. The Bertz CT molecular complexity index is 801. The van der Waals surface area contributed by atoms with Crippen molar-refractivity contribution in [3.63, 3.8) is 0 Å². The molecule has 4 nitrogen and oxygen atoms in total. The highest BCUT2D eigenvalue weighted by atomic mass is 19.1. The highest BCUT2D eigenvalue weighted by molar-refractivity contribution is 5.44. The molecule has 0 radical (unpaired) electrons. The molecule has 152 valence electrons. The predicted molar refractivity (Wildman–Crippen MR) is 102 cm³/mol. The molecule has 1 fully saturated rings. The van der Waals surface area contributed by atoms with E-state index in [2.05, 4.69) is 17.9 Å². The largest absolute Gasteiger partial charge is 0.388 e. The van der Waals surface area contributed by atoms with Gasteiger partial charge in [0.05, 0.1) is 19.3 Å². The minimum atomic E-state index is -0.644. The van der Waals surface area contributed by atoms with E-state index in [9.17, 15) is 13.9 Å². The van der Waals surface area contributed by atoms with Gasteiger partial charge in [0, 0.05) is 37.9 Å². The first-order chi connectivity index (χ1) is 13.5. The Morgan fingerprint density at radius 3 is 2.68 bits per heavy atom. The summed E-state index contributed by atoms with van der Waals surface area (Å²) >= 11 is 0. The third-order valence-corrected chi connectivity index (χ3v) is 6.30. The zero-order chi connectivity index (χ0) is 19.8. The van der Waals surface area contributed by atoms with Gasteiger partial charge in [-0.25, -0.2) is 8.78 Å². The number of ether oxygens (including phenoxy) is 2. The zero-order valence-corrected chi connectivity index (χ0v) is 16.3. The first-order valence-corrected chi connectivity index (χ1v) is 9.91. The van der Waals surface area contributed by atoms with Crippen LogP contribution < -0.4 is 0 Å². The molecule has 4 rings (SSSR count). The maximum absolute atomic E-state index is 14.1. The summed E-state index contributed by atoms with van der Waals surface area (Å²) in [5.74, 6) is -1.21. The number of allylic oxidation sites excluding steroid dienone is 2. The van der Waals surface area contributed by atoms with Gasteiger partial charge in [-0.3, -0.25) is 0 Å². The molecule has 0 spiro atoms. The molecule has 0 amide bonds. The second-order valence-corrected chi connectivity index (χ2v) is 7.94. The predicted octanol–water partition coefficient (Wildman–Crippen LogP) is 3.07. The molecular formula is C22H27F2NO3. The number of halogens is 2. The van der Waals surface area contributed by atoms with Gasteiger partial charge < -0.3 is 19.5 Å². The topological polar surface area (TPSA) is 41.9 Å². The molecule has 4 atom stereocenters. The molecule has 0 aromatic heterocycles. The lowest BCUT2D eigenvalue weighted by Gasteiger charge is -2.40. The lowest BCUT2D eigenvalue weighted by Crippen LogP contribution is -2.43. The van der Waals surface area contributed by atoms with Crippen molar-refractivity contribution >= 4 is 0 Å². The smallest absolute Gasteiger partial charge is 0.129 e. The fourth-order valence-electron chi connectivity index (χ4n) is 4.91. The van der Waals surface area contributed by atoms with E-state index in [0.717, 1.165) is 36.0 Å². The van der Waals surface area contributed by atoms with Crippen LogP contribution in [0.15, 0.2) is 41.1 Å². The van der Waals surface area contributed by atoms with Crippen LogP contribution in [-0.4, -0.2) is 55.6 Å². The van der Waals surface area contributed by atoms with Crippen molar-refractivity contribution in [2.45, 2.75) is 32.0 Å². The van der Waals surface area contributed by atoms with E-state index in [1.165, 1.54) is 12.1 Å². The molecule has 6 heteroatoms. The summed E-state index contributed by atoms with van der Waals surface area (Å²) in [6, 6.07) is 3.65. The maximum Gasteiger partial charge on any atom is 0.129 e. The van der Waals surface area contributed by atoms with Crippen LogP contribution >= 0.6 is 0 Å². The number of aliphatic hydroxyl groups is 1.